The van der Waals surface area contributed by atoms with E-state index >= 15 is 0 Å². The Morgan fingerprint density at radius 1 is 1.32 bits per heavy atom. The number of hydrogen-bond acceptors (Lipinski definition) is 4. The Balaban J connectivity index is 0.00000180. The first-order valence-corrected chi connectivity index (χ1v) is 7.03. The lowest BCUT2D eigenvalue weighted by atomic mass is 10.1. The quantitative estimate of drug-likeness (QED) is 0.811. The van der Waals surface area contributed by atoms with E-state index < -0.39 is 0 Å². The number of carbonyl (C=O) groups excluding carboxylic acids is 1. The van der Waals surface area contributed by atoms with Gasteiger partial charge in [0.05, 0.1) is 6.10 Å². The fraction of sp³-hybridized carbons (Fsp3) is 0.923. The number of likely N-dealkylation sites (tertiary alicyclic amines) is 1. The lowest BCUT2D eigenvalue weighted by Gasteiger charge is -2.33. The second-order valence-corrected chi connectivity index (χ2v) is 5.18. The van der Waals surface area contributed by atoms with E-state index in [4.69, 9.17) is 4.74 Å². The Morgan fingerprint density at radius 3 is 2.74 bits per heavy atom. The highest BCUT2D eigenvalue weighted by molar-refractivity contribution is 5.85. The van der Waals surface area contributed by atoms with Crippen molar-refractivity contribution in [3.8, 4) is 0 Å². The number of methoxy groups -OCH3 is 1. The van der Waals surface area contributed by atoms with E-state index in [-0.39, 0.29) is 12.4 Å². The predicted molar refractivity (Wildman–Crippen MR) is 77.8 cm³/mol. The van der Waals surface area contributed by atoms with Crippen molar-refractivity contribution >= 4 is 18.3 Å². The molecular formula is C13H26ClN3O2. The molecule has 0 aliphatic carbocycles. The molecule has 1 N–H and O–H groups in total. The topological polar surface area (TPSA) is 44.8 Å². The summed E-state index contributed by atoms with van der Waals surface area (Å²) in [5, 5.41) is 3.27. The highest BCUT2D eigenvalue weighted by Crippen LogP contribution is 2.13. The van der Waals surface area contributed by atoms with Crippen molar-refractivity contribution < 1.29 is 9.53 Å². The maximum Gasteiger partial charge on any atom is 0.223 e. The number of piperidine rings is 1. The molecule has 0 spiro atoms. The summed E-state index contributed by atoms with van der Waals surface area (Å²) in [4.78, 5) is 16.4. The number of piperazine rings is 1. The van der Waals surface area contributed by atoms with Crippen LogP contribution in [0, 0.1) is 0 Å². The van der Waals surface area contributed by atoms with E-state index in [1.54, 1.807) is 7.11 Å². The van der Waals surface area contributed by atoms with Crippen LogP contribution in [0.15, 0.2) is 0 Å². The van der Waals surface area contributed by atoms with Crippen LogP contribution in [0.2, 0.25) is 0 Å². The molecule has 0 aromatic heterocycles. The van der Waals surface area contributed by atoms with Crippen LogP contribution in [0.3, 0.4) is 0 Å². The minimum atomic E-state index is 0. The van der Waals surface area contributed by atoms with E-state index in [2.05, 4.69) is 10.2 Å². The molecule has 2 saturated heterocycles. The Labute approximate surface area is 122 Å². The summed E-state index contributed by atoms with van der Waals surface area (Å²) >= 11 is 0. The van der Waals surface area contributed by atoms with Crippen LogP contribution < -0.4 is 5.32 Å². The standard InChI is InChI=1S/C13H25N3O2.ClH/c1-18-12-3-2-7-15(11-12)8-4-13(17)16-9-5-14-6-10-16;/h12,14H,2-11H2,1H3;1H. The molecule has 2 rings (SSSR count). The number of halogens is 1. The average molecular weight is 292 g/mol. The van der Waals surface area contributed by atoms with Crippen LogP contribution in [-0.2, 0) is 9.53 Å². The minimum absolute atomic E-state index is 0. The second-order valence-electron chi connectivity index (χ2n) is 5.18. The first-order chi connectivity index (χ1) is 8.79. The van der Waals surface area contributed by atoms with E-state index in [9.17, 15) is 4.79 Å². The van der Waals surface area contributed by atoms with Crippen molar-refractivity contribution in [2.75, 3.05) is 52.9 Å². The summed E-state index contributed by atoms with van der Waals surface area (Å²) in [5.74, 6) is 0.302. The number of nitrogens with one attached hydrogen (secondary N) is 1. The lowest BCUT2D eigenvalue weighted by molar-refractivity contribution is -0.132. The molecule has 1 amide bonds. The van der Waals surface area contributed by atoms with Gasteiger partial charge in [0.25, 0.3) is 0 Å². The van der Waals surface area contributed by atoms with Gasteiger partial charge in [-0.25, -0.2) is 0 Å². The largest absolute Gasteiger partial charge is 0.380 e. The Bertz CT molecular complexity index is 273. The molecule has 0 aromatic rings. The molecule has 0 bridgehead atoms. The van der Waals surface area contributed by atoms with Gasteiger partial charge in [-0.15, -0.1) is 12.4 Å². The summed E-state index contributed by atoms with van der Waals surface area (Å²) in [6.45, 7) is 6.55. The summed E-state index contributed by atoms with van der Waals surface area (Å²) in [6, 6.07) is 0. The summed E-state index contributed by atoms with van der Waals surface area (Å²) in [6.07, 6.45) is 3.34. The van der Waals surface area contributed by atoms with Gasteiger partial charge in [0.2, 0.25) is 5.91 Å². The van der Waals surface area contributed by atoms with Crippen LogP contribution in [-0.4, -0.2) is 74.7 Å². The summed E-state index contributed by atoms with van der Waals surface area (Å²) in [7, 11) is 1.78. The highest BCUT2D eigenvalue weighted by atomic mass is 35.5. The minimum Gasteiger partial charge on any atom is -0.380 e. The van der Waals surface area contributed by atoms with Crippen molar-refractivity contribution in [2.24, 2.45) is 0 Å². The van der Waals surface area contributed by atoms with Gasteiger partial charge >= 0.3 is 0 Å². The van der Waals surface area contributed by atoms with Crippen molar-refractivity contribution in [1.82, 2.24) is 15.1 Å². The molecule has 2 aliphatic heterocycles. The van der Waals surface area contributed by atoms with Crippen molar-refractivity contribution in [3.63, 3.8) is 0 Å². The molecule has 2 aliphatic rings. The van der Waals surface area contributed by atoms with Gasteiger partial charge in [-0.05, 0) is 19.4 Å². The maximum absolute atomic E-state index is 12.0. The van der Waals surface area contributed by atoms with Crippen molar-refractivity contribution in [2.45, 2.75) is 25.4 Å². The van der Waals surface area contributed by atoms with Gasteiger partial charge in [-0.1, -0.05) is 0 Å². The summed E-state index contributed by atoms with van der Waals surface area (Å²) in [5.41, 5.74) is 0. The first-order valence-electron chi connectivity index (χ1n) is 7.03. The molecule has 6 heteroatoms. The molecule has 1 unspecified atom stereocenters. The molecule has 19 heavy (non-hydrogen) atoms. The van der Waals surface area contributed by atoms with E-state index in [1.165, 1.54) is 6.42 Å². The molecule has 2 heterocycles. The zero-order valence-corrected chi connectivity index (χ0v) is 12.6. The molecular weight excluding hydrogens is 266 g/mol. The second kappa shape index (κ2) is 8.74. The molecule has 2 fully saturated rings. The monoisotopic (exact) mass is 291 g/mol. The average Bonchev–Trinajstić information content (AvgIpc) is 2.46. The van der Waals surface area contributed by atoms with Crippen molar-refractivity contribution in [1.29, 1.82) is 0 Å². The smallest absolute Gasteiger partial charge is 0.223 e. The molecule has 0 radical (unpaired) electrons. The van der Waals surface area contributed by atoms with Crippen LogP contribution in [0.25, 0.3) is 0 Å². The maximum atomic E-state index is 12.0. The number of amides is 1. The zero-order valence-electron chi connectivity index (χ0n) is 11.8. The van der Waals surface area contributed by atoms with Gasteiger partial charge in [-0.2, -0.15) is 0 Å². The van der Waals surface area contributed by atoms with E-state index in [0.29, 0.717) is 18.4 Å². The third-order valence-corrected chi connectivity index (χ3v) is 3.91. The first kappa shape index (κ1) is 16.7. The number of hydrogen-bond donors (Lipinski definition) is 1. The van der Waals surface area contributed by atoms with E-state index in [1.807, 2.05) is 4.90 Å². The third kappa shape index (κ3) is 5.26. The molecule has 5 nitrogen and oxygen atoms in total. The van der Waals surface area contributed by atoms with Gasteiger partial charge in [0.15, 0.2) is 0 Å². The number of ether oxygens (including phenoxy) is 1. The molecule has 112 valence electrons. The Hall–Kier alpha value is -0.360. The fourth-order valence-corrected chi connectivity index (χ4v) is 2.73. The lowest BCUT2D eigenvalue weighted by Crippen LogP contribution is -2.47. The van der Waals surface area contributed by atoms with Crippen LogP contribution in [0.1, 0.15) is 19.3 Å². The third-order valence-electron chi connectivity index (χ3n) is 3.91. The Kier molecular flexibility index (Phi) is 7.68. The number of nitrogens with zero attached hydrogens (tertiary/aromatic N) is 2. The number of carbonyl (C=O) groups is 1. The molecule has 0 saturated carbocycles. The molecule has 0 aromatic carbocycles. The van der Waals surface area contributed by atoms with E-state index in [0.717, 1.165) is 52.2 Å². The molecule has 1 atom stereocenters. The van der Waals surface area contributed by atoms with Gasteiger partial charge in [-0.3, -0.25) is 4.79 Å². The van der Waals surface area contributed by atoms with Gasteiger partial charge in [0, 0.05) is 52.8 Å². The van der Waals surface area contributed by atoms with Gasteiger partial charge in [0.1, 0.15) is 0 Å². The van der Waals surface area contributed by atoms with Gasteiger partial charge < -0.3 is 19.9 Å². The van der Waals surface area contributed by atoms with Crippen LogP contribution in [0.5, 0.6) is 0 Å². The highest BCUT2D eigenvalue weighted by Gasteiger charge is 2.21. The normalized spacial score (nSPS) is 24.9. The predicted octanol–water partition coefficient (Wildman–Crippen LogP) is 0.341. The van der Waals surface area contributed by atoms with Crippen molar-refractivity contribution in [3.05, 3.63) is 0 Å². The SMILES string of the molecule is COC1CCCN(CCC(=O)N2CCNCC2)C1.Cl. The summed E-state index contributed by atoms with van der Waals surface area (Å²) < 4.78 is 5.40. The Morgan fingerprint density at radius 2 is 2.05 bits per heavy atom. The van der Waals surface area contributed by atoms with Crippen LogP contribution in [0.4, 0.5) is 0 Å². The van der Waals surface area contributed by atoms with Crippen LogP contribution >= 0.6 is 12.4 Å². The number of rotatable bonds is 4. The fourth-order valence-electron chi connectivity index (χ4n) is 2.73. The zero-order chi connectivity index (χ0) is 12.8.